The molecule has 0 spiro atoms. The summed E-state index contributed by atoms with van der Waals surface area (Å²) in [7, 11) is -3.55. The quantitative estimate of drug-likeness (QED) is 0.638. The van der Waals surface area contributed by atoms with Crippen LogP contribution in [0, 0.1) is 0 Å². The minimum absolute atomic E-state index is 0.0615. The Bertz CT molecular complexity index is 1040. The average molecular weight is 495 g/mol. The zero-order valence-electron chi connectivity index (χ0n) is 16.6. The van der Waals surface area contributed by atoms with Crippen molar-refractivity contribution in [2.24, 2.45) is 0 Å². The predicted octanol–water partition coefficient (Wildman–Crippen LogP) is 2.83. The fourth-order valence-electron chi connectivity index (χ4n) is 3.84. The Balaban J connectivity index is 1.40. The normalized spacial score (nSPS) is 19.5. The first-order valence-electron chi connectivity index (χ1n) is 9.77. The van der Waals surface area contributed by atoms with Crippen LogP contribution in [-0.2, 0) is 26.0 Å². The molecule has 2 heterocycles. The number of benzene rings is 2. The van der Waals surface area contributed by atoms with Crippen molar-refractivity contribution in [3.63, 3.8) is 0 Å². The van der Waals surface area contributed by atoms with Gasteiger partial charge in [0.15, 0.2) is 6.61 Å². The summed E-state index contributed by atoms with van der Waals surface area (Å²) in [4.78, 5) is 14.8. The van der Waals surface area contributed by atoms with Crippen LogP contribution in [0.5, 0.6) is 5.75 Å². The number of carbonyl (C=O) groups is 1. The lowest BCUT2D eigenvalue weighted by atomic mass is 10.1. The van der Waals surface area contributed by atoms with E-state index in [1.807, 2.05) is 25.1 Å². The monoisotopic (exact) mass is 494 g/mol. The van der Waals surface area contributed by atoms with Crippen molar-refractivity contribution in [3.8, 4) is 5.75 Å². The molecule has 0 aromatic heterocycles. The number of rotatable bonds is 5. The summed E-state index contributed by atoms with van der Waals surface area (Å²) in [5.41, 5.74) is 2.04. The number of hydrogen-bond donors (Lipinski definition) is 0. The first kappa shape index (κ1) is 21.3. The van der Waals surface area contributed by atoms with Gasteiger partial charge in [-0.1, -0.05) is 15.9 Å². The highest BCUT2D eigenvalue weighted by Gasteiger charge is 2.31. The van der Waals surface area contributed by atoms with E-state index in [-0.39, 0.29) is 23.5 Å². The summed E-state index contributed by atoms with van der Waals surface area (Å²) in [6.07, 6.45) is 0.800. The molecule has 2 aromatic rings. The number of sulfonamides is 1. The van der Waals surface area contributed by atoms with Crippen molar-refractivity contribution in [1.82, 2.24) is 4.31 Å². The van der Waals surface area contributed by atoms with Crippen molar-refractivity contribution in [2.45, 2.75) is 24.3 Å². The van der Waals surface area contributed by atoms with Gasteiger partial charge in [-0.25, -0.2) is 8.42 Å². The fourth-order valence-corrected chi connectivity index (χ4v) is 5.65. The van der Waals surface area contributed by atoms with E-state index in [1.165, 1.54) is 16.4 Å². The van der Waals surface area contributed by atoms with Crippen LogP contribution in [0.3, 0.4) is 0 Å². The predicted molar refractivity (Wildman–Crippen MR) is 116 cm³/mol. The van der Waals surface area contributed by atoms with Crippen LogP contribution in [0.15, 0.2) is 51.8 Å². The number of fused-ring (bicyclic) bond motifs is 1. The number of nitrogens with zero attached hydrogens (tertiary/aromatic N) is 2. The number of morpholine rings is 1. The summed E-state index contributed by atoms with van der Waals surface area (Å²) in [6, 6.07) is 12.1. The molecule has 1 atom stereocenters. The van der Waals surface area contributed by atoms with Gasteiger partial charge in [0.25, 0.3) is 5.91 Å². The van der Waals surface area contributed by atoms with E-state index < -0.39 is 10.0 Å². The zero-order chi connectivity index (χ0) is 21.3. The minimum atomic E-state index is -3.55. The lowest BCUT2D eigenvalue weighted by Gasteiger charge is -2.26. The van der Waals surface area contributed by atoms with Gasteiger partial charge in [0.05, 0.1) is 18.1 Å². The molecule has 2 aliphatic rings. The molecule has 160 valence electrons. The maximum atomic E-state index is 12.8. The second-order valence-corrected chi connectivity index (χ2v) is 10.2. The van der Waals surface area contributed by atoms with E-state index >= 15 is 0 Å². The number of hydrogen-bond acceptors (Lipinski definition) is 5. The zero-order valence-corrected chi connectivity index (χ0v) is 19.0. The standard InChI is InChI=1S/C21H23BrN2O5S/c1-15-12-16-13-17(22)2-7-20(16)24(15)21(25)14-29-18-3-5-19(6-4-18)30(26,27)23-8-10-28-11-9-23/h2-7,13,15H,8-12,14H2,1H3/t15-/m1/s1. The summed E-state index contributed by atoms with van der Waals surface area (Å²) in [5.74, 6) is 0.320. The van der Waals surface area contributed by atoms with Crippen molar-refractivity contribution >= 4 is 37.5 Å². The third-order valence-corrected chi connectivity index (χ3v) is 7.73. The number of halogens is 1. The molecular formula is C21H23BrN2O5S. The first-order valence-corrected chi connectivity index (χ1v) is 12.0. The smallest absolute Gasteiger partial charge is 0.265 e. The third kappa shape index (κ3) is 4.25. The molecule has 0 bridgehead atoms. The molecule has 0 saturated carbocycles. The van der Waals surface area contributed by atoms with Gasteiger partial charge >= 0.3 is 0 Å². The van der Waals surface area contributed by atoms with Gasteiger partial charge in [-0.15, -0.1) is 0 Å². The highest BCUT2D eigenvalue weighted by atomic mass is 79.9. The SMILES string of the molecule is C[C@@H]1Cc2cc(Br)ccc2N1C(=O)COc1ccc(S(=O)(=O)N2CCOCC2)cc1. The van der Waals surface area contributed by atoms with E-state index in [0.717, 1.165) is 22.1 Å². The van der Waals surface area contributed by atoms with Gasteiger partial charge < -0.3 is 14.4 Å². The fraction of sp³-hybridized carbons (Fsp3) is 0.381. The van der Waals surface area contributed by atoms with Gasteiger partial charge in [0, 0.05) is 29.3 Å². The van der Waals surface area contributed by atoms with Crippen LogP contribution in [-0.4, -0.2) is 57.6 Å². The Morgan fingerprint density at radius 3 is 2.57 bits per heavy atom. The van der Waals surface area contributed by atoms with E-state index in [4.69, 9.17) is 9.47 Å². The van der Waals surface area contributed by atoms with Crippen LogP contribution < -0.4 is 9.64 Å². The summed E-state index contributed by atoms with van der Waals surface area (Å²) in [6.45, 7) is 3.39. The topological polar surface area (TPSA) is 76.2 Å². The molecule has 0 radical (unpaired) electrons. The van der Waals surface area contributed by atoms with Crippen LogP contribution in [0.1, 0.15) is 12.5 Å². The lowest BCUT2D eigenvalue weighted by Crippen LogP contribution is -2.40. The molecule has 1 fully saturated rings. The van der Waals surface area contributed by atoms with E-state index in [2.05, 4.69) is 15.9 Å². The van der Waals surface area contributed by atoms with Crippen LogP contribution >= 0.6 is 15.9 Å². The minimum Gasteiger partial charge on any atom is -0.484 e. The Morgan fingerprint density at radius 1 is 1.17 bits per heavy atom. The highest BCUT2D eigenvalue weighted by Crippen LogP contribution is 2.34. The van der Waals surface area contributed by atoms with Crippen LogP contribution in [0.2, 0.25) is 0 Å². The molecule has 2 aromatic carbocycles. The molecule has 9 heteroatoms. The van der Waals surface area contributed by atoms with Crippen LogP contribution in [0.25, 0.3) is 0 Å². The Labute approximate surface area is 184 Å². The van der Waals surface area contributed by atoms with E-state index in [0.29, 0.717) is 32.1 Å². The lowest BCUT2D eigenvalue weighted by molar-refractivity contribution is -0.120. The Morgan fingerprint density at radius 2 is 1.87 bits per heavy atom. The van der Waals surface area contributed by atoms with E-state index in [9.17, 15) is 13.2 Å². The number of carbonyl (C=O) groups excluding carboxylic acids is 1. The molecule has 0 aliphatic carbocycles. The van der Waals surface area contributed by atoms with E-state index in [1.54, 1.807) is 17.0 Å². The number of amides is 1. The molecule has 4 rings (SSSR count). The summed E-state index contributed by atoms with van der Waals surface area (Å²) in [5, 5.41) is 0. The first-order chi connectivity index (χ1) is 14.4. The molecular weight excluding hydrogens is 472 g/mol. The molecule has 30 heavy (non-hydrogen) atoms. The number of anilines is 1. The molecule has 0 unspecified atom stereocenters. The van der Waals surface area contributed by atoms with Crippen LogP contribution in [0.4, 0.5) is 5.69 Å². The second kappa shape index (κ2) is 8.66. The van der Waals surface area contributed by atoms with Gasteiger partial charge in [0.2, 0.25) is 10.0 Å². The summed E-state index contributed by atoms with van der Waals surface area (Å²) < 4.78 is 38.6. The molecule has 7 nitrogen and oxygen atoms in total. The van der Waals surface area contributed by atoms with Gasteiger partial charge in [-0.2, -0.15) is 4.31 Å². The maximum Gasteiger partial charge on any atom is 0.265 e. The molecule has 1 saturated heterocycles. The molecule has 0 N–H and O–H groups in total. The van der Waals surface area contributed by atoms with Crippen molar-refractivity contribution in [2.75, 3.05) is 37.8 Å². The van der Waals surface area contributed by atoms with Crippen molar-refractivity contribution < 1.29 is 22.7 Å². The Kier molecular flexibility index (Phi) is 6.15. The Hall–Kier alpha value is -1.94. The number of ether oxygens (including phenoxy) is 2. The largest absolute Gasteiger partial charge is 0.484 e. The van der Waals surface area contributed by atoms with Gasteiger partial charge in [0.1, 0.15) is 5.75 Å². The van der Waals surface area contributed by atoms with Gasteiger partial charge in [-0.3, -0.25) is 4.79 Å². The highest BCUT2D eigenvalue weighted by molar-refractivity contribution is 9.10. The van der Waals surface area contributed by atoms with Crippen molar-refractivity contribution in [1.29, 1.82) is 0 Å². The molecule has 2 aliphatic heterocycles. The molecule has 1 amide bonds. The summed E-state index contributed by atoms with van der Waals surface area (Å²) >= 11 is 3.47. The maximum absolute atomic E-state index is 12.8. The van der Waals surface area contributed by atoms with Crippen molar-refractivity contribution in [3.05, 3.63) is 52.5 Å². The average Bonchev–Trinajstić information content (AvgIpc) is 3.07. The third-order valence-electron chi connectivity index (χ3n) is 5.32. The second-order valence-electron chi connectivity index (χ2n) is 7.37. The van der Waals surface area contributed by atoms with Gasteiger partial charge in [-0.05, 0) is 61.4 Å².